The summed E-state index contributed by atoms with van der Waals surface area (Å²) in [7, 11) is 0. The first kappa shape index (κ1) is 13.3. The van der Waals surface area contributed by atoms with E-state index in [1.165, 1.54) is 6.08 Å². The molecule has 2 N–H and O–H groups in total. The molecule has 1 atom stereocenters. The minimum atomic E-state index is -4.23. The van der Waals surface area contributed by atoms with Gasteiger partial charge in [0.1, 0.15) is 0 Å². The van der Waals surface area contributed by atoms with E-state index >= 15 is 0 Å². The third kappa shape index (κ3) is 3.35. The molecule has 1 unspecified atom stereocenters. The molecule has 5 heteroatoms. The van der Waals surface area contributed by atoms with Crippen molar-refractivity contribution in [1.29, 1.82) is 0 Å². The standard InChI is InChI=1S/C11H16F3NO/c1-2-3-10(15-16)8-4-6-9(7-5-8)11(12,13)14/h4,6,10,15-16H,2-3,5,7H2,1H3. The second kappa shape index (κ2) is 5.50. The highest BCUT2D eigenvalue weighted by molar-refractivity contribution is 5.29. The smallest absolute Gasteiger partial charge is 0.316 e. The van der Waals surface area contributed by atoms with E-state index < -0.39 is 11.7 Å². The molecule has 1 rings (SSSR count). The van der Waals surface area contributed by atoms with Gasteiger partial charge in [0.05, 0.1) is 6.04 Å². The van der Waals surface area contributed by atoms with E-state index in [4.69, 9.17) is 5.21 Å². The van der Waals surface area contributed by atoms with Crippen LogP contribution in [0.4, 0.5) is 13.2 Å². The molecule has 0 aliphatic heterocycles. The molecule has 0 saturated heterocycles. The van der Waals surface area contributed by atoms with Crippen molar-refractivity contribution in [2.75, 3.05) is 0 Å². The molecule has 0 heterocycles. The van der Waals surface area contributed by atoms with Crippen LogP contribution in [0.5, 0.6) is 0 Å². The van der Waals surface area contributed by atoms with E-state index in [1.807, 2.05) is 6.92 Å². The molecule has 0 fully saturated rings. The Balaban J connectivity index is 2.73. The first-order chi connectivity index (χ1) is 7.49. The molecule has 2 nitrogen and oxygen atoms in total. The Morgan fingerprint density at radius 1 is 1.38 bits per heavy atom. The van der Waals surface area contributed by atoms with Gasteiger partial charge in [-0.15, -0.1) is 0 Å². The Hall–Kier alpha value is -0.810. The Bertz CT molecular complexity index is 294. The lowest BCUT2D eigenvalue weighted by atomic mass is 9.91. The Morgan fingerprint density at radius 3 is 2.44 bits per heavy atom. The molecule has 0 aromatic carbocycles. The summed E-state index contributed by atoms with van der Waals surface area (Å²) in [6.07, 6.45) is 0.285. The van der Waals surface area contributed by atoms with Crippen molar-refractivity contribution in [2.24, 2.45) is 0 Å². The third-order valence-electron chi connectivity index (χ3n) is 2.73. The van der Waals surface area contributed by atoms with Gasteiger partial charge in [0.2, 0.25) is 0 Å². The normalized spacial score (nSPS) is 19.1. The molecule has 0 saturated carbocycles. The zero-order chi connectivity index (χ0) is 12.2. The van der Waals surface area contributed by atoms with Gasteiger partial charge >= 0.3 is 6.18 Å². The number of alkyl halides is 3. The van der Waals surface area contributed by atoms with Gasteiger partial charge in [0.15, 0.2) is 0 Å². The number of hydroxylamine groups is 1. The van der Waals surface area contributed by atoms with Gasteiger partial charge < -0.3 is 5.21 Å². The summed E-state index contributed by atoms with van der Waals surface area (Å²) in [5.41, 5.74) is 2.48. The highest BCUT2D eigenvalue weighted by Crippen LogP contribution is 2.33. The molecule has 0 bridgehead atoms. The fraction of sp³-hybridized carbons (Fsp3) is 0.636. The maximum absolute atomic E-state index is 12.3. The topological polar surface area (TPSA) is 32.3 Å². The molecule has 16 heavy (non-hydrogen) atoms. The first-order valence-electron chi connectivity index (χ1n) is 5.35. The zero-order valence-corrected chi connectivity index (χ0v) is 9.14. The van der Waals surface area contributed by atoms with Crippen LogP contribution in [-0.4, -0.2) is 17.4 Å². The summed E-state index contributed by atoms with van der Waals surface area (Å²) in [5, 5.41) is 8.90. The van der Waals surface area contributed by atoms with E-state index in [0.717, 1.165) is 24.5 Å². The van der Waals surface area contributed by atoms with E-state index in [1.54, 1.807) is 0 Å². The van der Waals surface area contributed by atoms with Crippen molar-refractivity contribution < 1.29 is 18.4 Å². The van der Waals surface area contributed by atoms with Crippen LogP contribution >= 0.6 is 0 Å². The fourth-order valence-electron chi connectivity index (χ4n) is 1.80. The molecule has 1 aliphatic rings. The lowest BCUT2D eigenvalue weighted by Gasteiger charge is -2.22. The van der Waals surface area contributed by atoms with Crippen LogP contribution in [0.25, 0.3) is 0 Å². The van der Waals surface area contributed by atoms with Gasteiger partial charge in [-0.1, -0.05) is 31.1 Å². The van der Waals surface area contributed by atoms with E-state index in [-0.39, 0.29) is 12.5 Å². The van der Waals surface area contributed by atoms with E-state index in [2.05, 4.69) is 5.48 Å². The van der Waals surface area contributed by atoms with Crippen LogP contribution in [0.3, 0.4) is 0 Å². The van der Waals surface area contributed by atoms with Gasteiger partial charge in [-0.25, -0.2) is 0 Å². The first-order valence-corrected chi connectivity index (χ1v) is 5.35. The lowest BCUT2D eigenvalue weighted by molar-refractivity contribution is -0.0941. The lowest BCUT2D eigenvalue weighted by Crippen LogP contribution is -2.29. The number of hydrogen-bond donors (Lipinski definition) is 2. The summed E-state index contributed by atoms with van der Waals surface area (Å²) in [6, 6.07) is -0.226. The fourth-order valence-corrected chi connectivity index (χ4v) is 1.80. The van der Waals surface area contributed by atoms with Crippen molar-refractivity contribution in [2.45, 2.75) is 44.8 Å². The van der Waals surface area contributed by atoms with Gasteiger partial charge in [-0.3, -0.25) is 0 Å². The van der Waals surface area contributed by atoms with Crippen LogP contribution in [0.2, 0.25) is 0 Å². The van der Waals surface area contributed by atoms with Gasteiger partial charge in [-0.2, -0.15) is 18.7 Å². The summed E-state index contributed by atoms with van der Waals surface area (Å²) < 4.78 is 37.0. The van der Waals surface area contributed by atoms with Crippen molar-refractivity contribution in [3.8, 4) is 0 Å². The molecule has 0 radical (unpaired) electrons. The molecular weight excluding hydrogens is 219 g/mol. The maximum Gasteiger partial charge on any atom is 0.412 e. The number of halogens is 3. The van der Waals surface area contributed by atoms with Crippen LogP contribution in [0.1, 0.15) is 32.6 Å². The molecule has 1 aliphatic carbocycles. The molecule has 0 aromatic heterocycles. The van der Waals surface area contributed by atoms with Gasteiger partial charge in [0.25, 0.3) is 0 Å². The average Bonchev–Trinajstić information content (AvgIpc) is 2.25. The molecule has 0 aromatic rings. The average molecular weight is 235 g/mol. The van der Waals surface area contributed by atoms with Crippen molar-refractivity contribution in [1.82, 2.24) is 5.48 Å². The van der Waals surface area contributed by atoms with Crippen LogP contribution in [-0.2, 0) is 0 Å². The van der Waals surface area contributed by atoms with Crippen molar-refractivity contribution in [3.05, 3.63) is 23.3 Å². The third-order valence-corrected chi connectivity index (χ3v) is 2.73. The van der Waals surface area contributed by atoms with E-state index in [0.29, 0.717) is 6.42 Å². The van der Waals surface area contributed by atoms with Crippen LogP contribution in [0.15, 0.2) is 23.3 Å². The molecule has 0 spiro atoms. The summed E-state index contributed by atoms with van der Waals surface area (Å²) >= 11 is 0. The Kier molecular flexibility index (Phi) is 4.56. The Labute approximate surface area is 92.8 Å². The van der Waals surface area contributed by atoms with Crippen LogP contribution < -0.4 is 5.48 Å². The minimum absolute atomic E-state index is 0.00275. The largest absolute Gasteiger partial charge is 0.412 e. The Morgan fingerprint density at radius 2 is 2.06 bits per heavy atom. The van der Waals surface area contributed by atoms with Crippen molar-refractivity contribution in [3.63, 3.8) is 0 Å². The predicted octanol–water partition coefficient (Wildman–Crippen LogP) is 3.34. The SMILES string of the molecule is CCCC(NO)C1=CC=C(C(F)(F)F)CC1. The highest BCUT2D eigenvalue weighted by atomic mass is 19.4. The number of rotatable bonds is 4. The monoisotopic (exact) mass is 235 g/mol. The maximum atomic E-state index is 12.3. The van der Waals surface area contributed by atoms with Gasteiger partial charge in [-0.05, 0) is 19.3 Å². The van der Waals surface area contributed by atoms with Crippen molar-refractivity contribution >= 4 is 0 Å². The molecular formula is C11H16F3NO. The highest BCUT2D eigenvalue weighted by Gasteiger charge is 2.34. The molecule has 0 amide bonds. The number of allylic oxidation sites excluding steroid dienone is 3. The second-order valence-electron chi connectivity index (χ2n) is 3.90. The van der Waals surface area contributed by atoms with E-state index in [9.17, 15) is 13.2 Å². The molecule has 92 valence electrons. The minimum Gasteiger partial charge on any atom is -0.316 e. The zero-order valence-electron chi connectivity index (χ0n) is 9.14. The van der Waals surface area contributed by atoms with Gasteiger partial charge in [0, 0.05) is 5.57 Å². The second-order valence-corrected chi connectivity index (χ2v) is 3.90. The van der Waals surface area contributed by atoms with Crippen LogP contribution in [0, 0.1) is 0 Å². The number of nitrogens with one attached hydrogen (secondary N) is 1. The number of hydrogen-bond acceptors (Lipinski definition) is 2. The summed E-state index contributed by atoms with van der Waals surface area (Å²) in [5.74, 6) is 0. The summed E-state index contributed by atoms with van der Waals surface area (Å²) in [6.45, 7) is 1.96. The summed E-state index contributed by atoms with van der Waals surface area (Å²) in [4.78, 5) is 0. The quantitative estimate of drug-likeness (QED) is 0.732. The predicted molar refractivity (Wildman–Crippen MR) is 55.1 cm³/mol.